The van der Waals surface area contributed by atoms with Crippen molar-refractivity contribution in [2.75, 3.05) is 18.1 Å². The second kappa shape index (κ2) is 9.82. The lowest BCUT2D eigenvalue weighted by atomic mass is 10.0. The zero-order chi connectivity index (χ0) is 21.5. The molecule has 1 N–H and O–H groups in total. The molecule has 1 aliphatic rings. The quantitative estimate of drug-likeness (QED) is 0.677. The number of nitrogens with one attached hydrogen (secondary N) is 1. The summed E-state index contributed by atoms with van der Waals surface area (Å²) < 4.78 is 5.16. The largest absolute Gasteiger partial charge is 0.452 e. The van der Waals surface area contributed by atoms with Gasteiger partial charge >= 0.3 is 5.97 Å². The van der Waals surface area contributed by atoms with E-state index in [-0.39, 0.29) is 17.3 Å². The molecule has 7 nitrogen and oxygen atoms in total. The summed E-state index contributed by atoms with van der Waals surface area (Å²) in [4.78, 5) is 50.3. The molecule has 3 rings (SSSR count). The minimum absolute atomic E-state index is 0.0433. The maximum Gasteiger partial charge on any atom is 0.340 e. The minimum Gasteiger partial charge on any atom is -0.452 e. The maximum atomic E-state index is 12.5. The fourth-order valence-electron chi connectivity index (χ4n) is 3.38. The molecule has 1 heterocycles. The molecule has 1 aliphatic heterocycles. The third-order valence-corrected chi connectivity index (χ3v) is 4.93. The number of nitrogens with zero attached hydrogens (tertiary/aromatic N) is 1. The van der Waals surface area contributed by atoms with Crippen LogP contribution in [0.25, 0.3) is 0 Å². The summed E-state index contributed by atoms with van der Waals surface area (Å²) in [5, 5.41) is 2.62. The first-order chi connectivity index (χ1) is 14.5. The first-order valence-electron chi connectivity index (χ1n) is 9.86. The van der Waals surface area contributed by atoms with Crippen molar-refractivity contribution in [3.05, 3.63) is 65.7 Å². The Morgan fingerprint density at radius 3 is 2.43 bits per heavy atom. The minimum atomic E-state index is -0.701. The maximum absolute atomic E-state index is 12.5. The Kier molecular flexibility index (Phi) is 6.95. The second-order valence-corrected chi connectivity index (χ2v) is 7.16. The van der Waals surface area contributed by atoms with Gasteiger partial charge in [-0.2, -0.15) is 0 Å². The number of esters is 1. The predicted octanol–water partition coefficient (Wildman–Crippen LogP) is 2.29. The Morgan fingerprint density at radius 2 is 1.77 bits per heavy atom. The smallest absolute Gasteiger partial charge is 0.340 e. The molecule has 1 fully saturated rings. The van der Waals surface area contributed by atoms with Crippen LogP contribution >= 0.6 is 0 Å². The molecule has 7 heteroatoms. The number of hydrogen-bond acceptors (Lipinski definition) is 5. The molecule has 0 aliphatic carbocycles. The number of hydrogen-bond donors (Lipinski definition) is 1. The lowest BCUT2D eigenvalue weighted by Gasteiger charge is -2.19. The molecule has 2 aromatic carbocycles. The number of benzene rings is 2. The van der Waals surface area contributed by atoms with Crippen LogP contribution < -0.4 is 10.2 Å². The summed E-state index contributed by atoms with van der Waals surface area (Å²) in [5.74, 6) is -1.48. The number of ether oxygens (including phenoxy) is 1. The van der Waals surface area contributed by atoms with Crippen molar-refractivity contribution < 1.29 is 23.9 Å². The van der Waals surface area contributed by atoms with E-state index < -0.39 is 24.5 Å². The van der Waals surface area contributed by atoms with Gasteiger partial charge in [-0.3, -0.25) is 14.4 Å². The van der Waals surface area contributed by atoms with Crippen LogP contribution in [0.5, 0.6) is 0 Å². The summed E-state index contributed by atoms with van der Waals surface area (Å²) in [7, 11) is 0. The number of para-hydroxylation sites is 1. The number of anilines is 1. The fourth-order valence-corrected chi connectivity index (χ4v) is 3.38. The van der Waals surface area contributed by atoms with Crippen molar-refractivity contribution in [2.24, 2.45) is 0 Å². The molecular weight excluding hydrogens is 384 g/mol. The van der Waals surface area contributed by atoms with E-state index in [0.29, 0.717) is 25.1 Å². The molecule has 156 valence electrons. The Bertz CT molecular complexity index is 942. The molecule has 2 amide bonds. The molecule has 0 unspecified atom stereocenters. The molecular formula is C23H24N2O5. The molecule has 30 heavy (non-hydrogen) atoms. The van der Waals surface area contributed by atoms with Crippen molar-refractivity contribution in [2.45, 2.75) is 32.2 Å². The van der Waals surface area contributed by atoms with Crippen LogP contribution in [-0.2, 0) is 25.5 Å². The lowest BCUT2D eigenvalue weighted by Crippen LogP contribution is -2.43. The third-order valence-electron chi connectivity index (χ3n) is 4.93. The van der Waals surface area contributed by atoms with Crippen molar-refractivity contribution >= 4 is 29.3 Å². The van der Waals surface area contributed by atoms with E-state index in [0.717, 1.165) is 12.0 Å². The van der Waals surface area contributed by atoms with E-state index in [2.05, 4.69) is 5.32 Å². The van der Waals surface area contributed by atoms with E-state index in [4.69, 9.17) is 4.74 Å². The van der Waals surface area contributed by atoms with Gasteiger partial charge in [-0.15, -0.1) is 0 Å². The Hall–Kier alpha value is -3.48. The average Bonchev–Trinajstić information content (AvgIpc) is 3.18. The zero-order valence-corrected chi connectivity index (χ0v) is 16.8. The SMILES string of the molecule is CC(=O)[C@@H](Cc1ccccc1)NC(=O)COC(=O)c1ccccc1N1CCCC1=O. The highest BCUT2D eigenvalue weighted by Gasteiger charge is 2.26. The predicted molar refractivity (Wildman–Crippen MR) is 111 cm³/mol. The van der Waals surface area contributed by atoms with Gasteiger partial charge in [-0.25, -0.2) is 4.79 Å². The third kappa shape index (κ3) is 5.31. The molecule has 2 aromatic rings. The Balaban J connectivity index is 1.60. The van der Waals surface area contributed by atoms with Gasteiger partial charge < -0.3 is 15.0 Å². The van der Waals surface area contributed by atoms with Gasteiger partial charge in [0.05, 0.1) is 17.3 Å². The van der Waals surface area contributed by atoms with Crippen LogP contribution in [-0.4, -0.2) is 42.8 Å². The van der Waals surface area contributed by atoms with E-state index in [1.54, 1.807) is 29.2 Å². The number of ketones is 1. The first-order valence-corrected chi connectivity index (χ1v) is 9.86. The molecule has 0 spiro atoms. The van der Waals surface area contributed by atoms with E-state index in [1.165, 1.54) is 6.92 Å². The average molecular weight is 408 g/mol. The second-order valence-electron chi connectivity index (χ2n) is 7.16. The highest BCUT2D eigenvalue weighted by molar-refractivity contribution is 6.04. The standard InChI is InChI=1S/C23H24N2O5/c1-16(26)19(14-17-8-3-2-4-9-17)24-21(27)15-30-23(29)18-10-5-6-11-20(18)25-13-7-12-22(25)28/h2-6,8-11,19H,7,12-15H2,1H3,(H,24,27)/t19-/m1/s1. The summed E-state index contributed by atoms with van der Waals surface area (Å²) in [5.41, 5.74) is 1.63. The van der Waals surface area contributed by atoms with Gasteiger partial charge in [0.2, 0.25) is 5.91 Å². The summed E-state index contributed by atoms with van der Waals surface area (Å²) >= 11 is 0. The Labute approximate surface area is 175 Å². The van der Waals surface area contributed by atoms with Crippen LogP contribution in [0, 0.1) is 0 Å². The topological polar surface area (TPSA) is 92.8 Å². The van der Waals surface area contributed by atoms with Crippen LogP contribution in [0.3, 0.4) is 0 Å². The van der Waals surface area contributed by atoms with Crippen LogP contribution in [0.1, 0.15) is 35.7 Å². The normalized spacial score (nSPS) is 14.3. The van der Waals surface area contributed by atoms with Crippen molar-refractivity contribution in [1.82, 2.24) is 5.32 Å². The highest BCUT2D eigenvalue weighted by Crippen LogP contribution is 2.25. The molecule has 1 saturated heterocycles. The molecule has 0 aromatic heterocycles. The van der Waals surface area contributed by atoms with Crippen LogP contribution in [0.2, 0.25) is 0 Å². The fraction of sp³-hybridized carbons (Fsp3) is 0.304. The number of carbonyl (C=O) groups excluding carboxylic acids is 4. The number of rotatable bonds is 8. The molecule has 1 atom stereocenters. The zero-order valence-electron chi connectivity index (χ0n) is 16.8. The van der Waals surface area contributed by atoms with Crippen LogP contribution in [0.15, 0.2) is 54.6 Å². The monoisotopic (exact) mass is 408 g/mol. The van der Waals surface area contributed by atoms with E-state index in [9.17, 15) is 19.2 Å². The van der Waals surface area contributed by atoms with Gasteiger partial charge in [-0.1, -0.05) is 42.5 Å². The first kappa shape index (κ1) is 21.2. The van der Waals surface area contributed by atoms with Crippen molar-refractivity contribution in [3.8, 4) is 0 Å². The van der Waals surface area contributed by atoms with Crippen molar-refractivity contribution in [1.29, 1.82) is 0 Å². The van der Waals surface area contributed by atoms with Crippen molar-refractivity contribution in [3.63, 3.8) is 0 Å². The Morgan fingerprint density at radius 1 is 1.07 bits per heavy atom. The van der Waals surface area contributed by atoms with Gasteiger partial charge in [0, 0.05) is 13.0 Å². The lowest BCUT2D eigenvalue weighted by molar-refractivity contribution is -0.128. The number of Topliss-reactive ketones (excluding diaryl/α,β-unsaturated/α-hetero) is 1. The summed E-state index contributed by atoms with van der Waals surface area (Å²) in [6.07, 6.45) is 1.54. The summed E-state index contributed by atoms with van der Waals surface area (Å²) in [6, 6.07) is 15.3. The highest BCUT2D eigenvalue weighted by atomic mass is 16.5. The van der Waals surface area contributed by atoms with E-state index >= 15 is 0 Å². The molecule has 0 saturated carbocycles. The van der Waals surface area contributed by atoms with Gasteiger partial charge in [0.25, 0.3) is 5.91 Å². The van der Waals surface area contributed by atoms with E-state index in [1.807, 2.05) is 30.3 Å². The molecule has 0 bridgehead atoms. The van der Waals surface area contributed by atoms with Gasteiger partial charge in [0.15, 0.2) is 12.4 Å². The molecule has 0 radical (unpaired) electrons. The van der Waals surface area contributed by atoms with Gasteiger partial charge in [-0.05, 0) is 37.5 Å². The van der Waals surface area contributed by atoms with Gasteiger partial charge in [0.1, 0.15) is 0 Å². The van der Waals surface area contributed by atoms with Crippen LogP contribution in [0.4, 0.5) is 5.69 Å². The number of carbonyl (C=O) groups is 4. The number of amides is 2. The summed E-state index contributed by atoms with van der Waals surface area (Å²) in [6.45, 7) is 1.44.